The maximum Gasteiger partial charge on any atom is 0.0404 e. The number of likely N-dealkylation sites (tertiary alicyclic amines) is 1. The maximum absolute atomic E-state index is 4.35. The standard InChI is InChI=1S/C16H27N3/c1-15(14-19-12-5-2-6-13-19)17-11-7-9-16-8-3-4-10-18-16/h3-4,8,10,15,17H,2,5-7,9,11-14H2,1H3. The Morgan fingerprint density at radius 1 is 1.26 bits per heavy atom. The predicted molar refractivity (Wildman–Crippen MR) is 80.3 cm³/mol. The van der Waals surface area contributed by atoms with Crippen LogP contribution in [0.4, 0.5) is 0 Å². The van der Waals surface area contributed by atoms with E-state index in [1.807, 2.05) is 12.3 Å². The maximum atomic E-state index is 4.35. The largest absolute Gasteiger partial charge is 0.313 e. The Balaban J connectivity index is 1.55. The van der Waals surface area contributed by atoms with Crippen molar-refractivity contribution in [1.82, 2.24) is 15.2 Å². The summed E-state index contributed by atoms with van der Waals surface area (Å²) in [5.74, 6) is 0. The number of aryl methyl sites for hydroxylation is 1. The SMILES string of the molecule is CC(CN1CCCCC1)NCCCc1ccccn1. The number of nitrogens with one attached hydrogen (secondary N) is 1. The average Bonchev–Trinajstić information content (AvgIpc) is 2.46. The van der Waals surface area contributed by atoms with Crippen LogP contribution in [0.1, 0.15) is 38.3 Å². The van der Waals surface area contributed by atoms with Crippen LogP contribution < -0.4 is 5.32 Å². The summed E-state index contributed by atoms with van der Waals surface area (Å²) in [6, 6.07) is 6.75. The van der Waals surface area contributed by atoms with Gasteiger partial charge in [0.15, 0.2) is 0 Å². The number of hydrogen-bond acceptors (Lipinski definition) is 3. The fourth-order valence-electron chi connectivity index (χ4n) is 2.76. The lowest BCUT2D eigenvalue weighted by Gasteiger charge is -2.29. The number of rotatable bonds is 7. The molecule has 2 heterocycles. The zero-order chi connectivity index (χ0) is 13.3. The third-order valence-corrected chi connectivity index (χ3v) is 3.81. The Morgan fingerprint density at radius 2 is 2.11 bits per heavy atom. The molecule has 1 unspecified atom stereocenters. The van der Waals surface area contributed by atoms with E-state index in [4.69, 9.17) is 0 Å². The molecule has 1 atom stereocenters. The fraction of sp³-hybridized carbons (Fsp3) is 0.688. The van der Waals surface area contributed by atoms with Gasteiger partial charge < -0.3 is 10.2 Å². The van der Waals surface area contributed by atoms with E-state index in [0.29, 0.717) is 6.04 Å². The van der Waals surface area contributed by atoms with Crippen LogP contribution >= 0.6 is 0 Å². The Labute approximate surface area is 117 Å². The highest BCUT2D eigenvalue weighted by Crippen LogP contribution is 2.08. The van der Waals surface area contributed by atoms with Crippen LogP contribution in [0.25, 0.3) is 0 Å². The number of hydrogen-bond donors (Lipinski definition) is 1. The second-order valence-electron chi connectivity index (χ2n) is 5.64. The van der Waals surface area contributed by atoms with Gasteiger partial charge in [0.05, 0.1) is 0 Å². The van der Waals surface area contributed by atoms with Crippen LogP contribution in [-0.2, 0) is 6.42 Å². The van der Waals surface area contributed by atoms with Crippen molar-refractivity contribution in [1.29, 1.82) is 0 Å². The highest BCUT2D eigenvalue weighted by Gasteiger charge is 2.12. The topological polar surface area (TPSA) is 28.2 Å². The Bertz CT molecular complexity index is 333. The molecule has 2 rings (SSSR count). The summed E-state index contributed by atoms with van der Waals surface area (Å²) in [5, 5.41) is 3.63. The second-order valence-corrected chi connectivity index (χ2v) is 5.64. The van der Waals surface area contributed by atoms with E-state index >= 15 is 0 Å². The first-order chi connectivity index (χ1) is 9.34. The minimum absolute atomic E-state index is 0.599. The molecule has 0 aliphatic carbocycles. The molecule has 1 aliphatic heterocycles. The van der Waals surface area contributed by atoms with Crippen LogP contribution in [0.2, 0.25) is 0 Å². The number of aromatic nitrogens is 1. The first kappa shape index (κ1) is 14.5. The van der Waals surface area contributed by atoms with Gasteiger partial charge in [0.2, 0.25) is 0 Å². The quantitative estimate of drug-likeness (QED) is 0.764. The van der Waals surface area contributed by atoms with Crippen molar-refractivity contribution < 1.29 is 0 Å². The van der Waals surface area contributed by atoms with Gasteiger partial charge in [-0.05, 0) is 64.4 Å². The molecule has 0 radical (unpaired) electrons. The monoisotopic (exact) mass is 261 g/mol. The molecule has 3 nitrogen and oxygen atoms in total. The molecular weight excluding hydrogens is 234 g/mol. The zero-order valence-electron chi connectivity index (χ0n) is 12.1. The van der Waals surface area contributed by atoms with Gasteiger partial charge in [-0.15, -0.1) is 0 Å². The molecule has 3 heteroatoms. The van der Waals surface area contributed by atoms with Gasteiger partial charge in [0.1, 0.15) is 0 Å². The van der Waals surface area contributed by atoms with Crippen LogP contribution in [0, 0.1) is 0 Å². The van der Waals surface area contributed by atoms with E-state index in [1.54, 1.807) is 0 Å². The molecule has 0 saturated carbocycles. The van der Waals surface area contributed by atoms with E-state index in [2.05, 4.69) is 34.3 Å². The Hall–Kier alpha value is -0.930. The molecule has 0 aromatic carbocycles. The van der Waals surface area contributed by atoms with Gasteiger partial charge in [0, 0.05) is 24.5 Å². The van der Waals surface area contributed by atoms with Crippen LogP contribution in [-0.4, -0.2) is 42.1 Å². The molecule has 0 amide bonds. The highest BCUT2D eigenvalue weighted by molar-refractivity contribution is 5.03. The number of piperidine rings is 1. The second kappa shape index (κ2) is 8.28. The first-order valence-corrected chi connectivity index (χ1v) is 7.70. The molecule has 106 valence electrons. The van der Waals surface area contributed by atoms with Crippen molar-refractivity contribution in [2.75, 3.05) is 26.2 Å². The van der Waals surface area contributed by atoms with Crippen molar-refractivity contribution in [3.8, 4) is 0 Å². The van der Waals surface area contributed by atoms with E-state index in [9.17, 15) is 0 Å². The van der Waals surface area contributed by atoms with Crippen molar-refractivity contribution in [2.45, 2.75) is 45.1 Å². The molecule has 1 saturated heterocycles. The van der Waals surface area contributed by atoms with Gasteiger partial charge in [-0.25, -0.2) is 0 Å². The Kier molecular flexibility index (Phi) is 6.31. The lowest BCUT2D eigenvalue weighted by molar-refractivity contribution is 0.209. The summed E-state index contributed by atoms with van der Waals surface area (Å²) in [4.78, 5) is 6.95. The van der Waals surface area contributed by atoms with E-state index in [-0.39, 0.29) is 0 Å². The molecule has 1 aromatic heterocycles. The molecule has 1 aliphatic rings. The highest BCUT2D eigenvalue weighted by atomic mass is 15.1. The lowest BCUT2D eigenvalue weighted by Crippen LogP contribution is -2.41. The van der Waals surface area contributed by atoms with Crippen LogP contribution in [0.5, 0.6) is 0 Å². The summed E-state index contributed by atoms with van der Waals surface area (Å²) in [7, 11) is 0. The molecule has 1 fully saturated rings. The summed E-state index contributed by atoms with van der Waals surface area (Å²) >= 11 is 0. The normalized spacial score (nSPS) is 18.4. The third-order valence-electron chi connectivity index (χ3n) is 3.81. The minimum atomic E-state index is 0.599. The third kappa shape index (κ3) is 5.70. The molecule has 0 spiro atoms. The number of nitrogens with zero attached hydrogens (tertiary/aromatic N) is 2. The summed E-state index contributed by atoms with van der Waals surface area (Å²) in [6.07, 6.45) is 8.30. The first-order valence-electron chi connectivity index (χ1n) is 7.70. The minimum Gasteiger partial charge on any atom is -0.313 e. The number of pyridine rings is 1. The van der Waals surface area contributed by atoms with E-state index in [0.717, 1.165) is 13.0 Å². The van der Waals surface area contributed by atoms with Crippen molar-refractivity contribution in [2.24, 2.45) is 0 Å². The summed E-state index contributed by atoms with van der Waals surface area (Å²) in [6.45, 7) is 7.17. The molecular formula is C16H27N3. The van der Waals surface area contributed by atoms with Gasteiger partial charge in [-0.3, -0.25) is 4.98 Å². The van der Waals surface area contributed by atoms with Crippen molar-refractivity contribution in [3.05, 3.63) is 30.1 Å². The summed E-state index contributed by atoms with van der Waals surface area (Å²) < 4.78 is 0. The van der Waals surface area contributed by atoms with Crippen LogP contribution in [0.15, 0.2) is 24.4 Å². The molecule has 19 heavy (non-hydrogen) atoms. The van der Waals surface area contributed by atoms with Gasteiger partial charge in [-0.2, -0.15) is 0 Å². The summed E-state index contributed by atoms with van der Waals surface area (Å²) in [5.41, 5.74) is 1.20. The molecule has 1 aromatic rings. The smallest absolute Gasteiger partial charge is 0.0404 e. The zero-order valence-corrected chi connectivity index (χ0v) is 12.1. The van der Waals surface area contributed by atoms with E-state index < -0.39 is 0 Å². The van der Waals surface area contributed by atoms with Gasteiger partial charge in [-0.1, -0.05) is 12.5 Å². The van der Waals surface area contributed by atoms with E-state index in [1.165, 1.54) is 51.0 Å². The predicted octanol–water partition coefficient (Wildman–Crippen LogP) is 2.48. The van der Waals surface area contributed by atoms with Gasteiger partial charge >= 0.3 is 0 Å². The van der Waals surface area contributed by atoms with Gasteiger partial charge in [0.25, 0.3) is 0 Å². The Morgan fingerprint density at radius 3 is 2.84 bits per heavy atom. The fourth-order valence-corrected chi connectivity index (χ4v) is 2.76. The molecule has 0 bridgehead atoms. The van der Waals surface area contributed by atoms with Crippen molar-refractivity contribution >= 4 is 0 Å². The molecule has 1 N–H and O–H groups in total. The average molecular weight is 261 g/mol. The lowest BCUT2D eigenvalue weighted by atomic mass is 10.1. The van der Waals surface area contributed by atoms with Crippen LogP contribution in [0.3, 0.4) is 0 Å². The van der Waals surface area contributed by atoms with Crippen molar-refractivity contribution in [3.63, 3.8) is 0 Å².